The van der Waals surface area contributed by atoms with Gasteiger partial charge in [-0.1, -0.05) is 20.3 Å². The maximum Gasteiger partial charge on any atom is 0.116 e. The van der Waals surface area contributed by atoms with E-state index in [1.54, 1.807) is 7.11 Å². The molecule has 0 aromatic heterocycles. The van der Waals surface area contributed by atoms with Crippen LogP contribution in [0.15, 0.2) is 0 Å². The van der Waals surface area contributed by atoms with Crippen LogP contribution in [0.25, 0.3) is 0 Å². The number of methoxy groups -OCH3 is 1. The number of unbranched alkanes of at least 4 members (excludes halogenated alkanes) is 1. The van der Waals surface area contributed by atoms with Crippen LogP contribution in [-0.4, -0.2) is 12.8 Å². The molecule has 62 valence electrons. The van der Waals surface area contributed by atoms with Crippen molar-refractivity contribution in [2.45, 2.75) is 45.3 Å². The lowest BCUT2D eigenvalue weighted by molar-refractivity contribution is -0.0168. The van der Waals surface area contributed by atoms with E-state index >= 15 is 0 Å². The summed E-state index contributed by atoms with van der Waals surface area (Å²) in [4.78, 5) is 0. The Kier molecular flexibility index (Phi) is 4.65. The first-order chi connectivity index (χ1) is 4.68. The molecule has 0 spiro atoms. The van der Waals surface area contributed by atoms with Crippen LogP contribution in [0.3, 0.4) is 0 Å². The van der Waals surface area contributed by atoms with Gasteiger partial charge in [-0.25, -0.2) is 0 Å². The summed E-state index contributed by atoms with van der Waals surface area (Å²) in [5.41, 5.74) is 5.50. The number of rotatable bonds is 5. The summed E-state index contributed by atoms with van der Waals surface area (Å²) in [6.07, 6.45) is 4.19. The molecule has 0 heterocycles. The van der Waals surface area contributed by atoms with E-state index in [-0.39, 0.29) is 5.72 Å². The van der Waals surface area contributed by atoms with Crippen molar-refractivity contribution >= 4 is 0 Å². The minimum atomic E-state index is -0.365. The average molecular weight is 145 g/mol. The number of nitrogens with two attached hydrogens (primary N) is 1. The fourth-order valence-electron chi connectivity index (χ4n) is 0.899. The second kappa shape index (κ2) is 4.69. The molecule has 0 fully saturated rings. The molecule has 0 amide bonds. The highest BCUT2D eigenvalue weighted by molar-refractivity contribution is 4.69. The Morgan fingerprint density at radius 3 is 2.30 bits per heavy atom. The lowest BCUT2D eigenvalue weighted by atomic mass is 10.0. The van der Waals surface area contributed by atoms with Gasteiger partial charge in [0.15, 0.2) is 0 Å². The predicted molar refractivity (Wildman–Crippen MR) is 43.7 cm³/mol. The highest BCUT2D eigenvalue weighted by Gasteiger charge is 2.19. The summed E-state index contributed by atoms with van der Waals surface area (Å²) < 4.78 is 5.17. The first kappa shape index (κ1) is 9.92. The van der Waals surface area contributed by atoms with E-state index in [2.05, 4.69) is 13.8 Å². The van der Waals surface area contributed by atoms with Crippen LogP contribution >= 0.6 is 0 Å². The molecule has 2 heteroatoms. The lowest BCUT2D eigenvalue weighted by Crippen LogP contribution is -2.40. The Morgan fingerprint density at radius 1 is 1.40 bits per heavy atom. The molecule has 0 saturated heterocycles. The minimum absolute atomic E-state index is 0.365. The van der Waals surface area contributed by atoms with Crippen LogP contribution in [0.2, 0.25) is 0 Å². The van der Waals surface area contributed by atoms with Gasteiger partial charge in [-0.3, -0.25) is 0 Å². The SMILES string of the molecule is CCCCC(N)(CC)OC. The van der Waals surface area contributed by atoms with Crippen molar-refractivity contribution in [3.8, 4) is 0 Å². The summed E-state index contributed by atoms with van der Waals surface area (Å²) in [5, 5.41) is 0. The van der Waals surface area contributed by atoms with Gasteiger partial charge in [0, 0.05) is 7.11 Å². The standard InChI is InChI=1S/C8H19NO/c1-4-6-7-8(9,5-2)10-3/h4-7,9H2,1-3H3. The lowest BCUT2D eigenvalue weighted by Gasteiger charge is -2.25. The van der Waals surface area contributed by atoms with Crippen molar-refractivity contribution in [3.63, 3.8) is 0 Å². The van der Waals surface area contributed by atoms with Crippen LogP contribution < -0.4 is 5.73 Å². The van der Waals surface area contributed by atoms with Crippen molar-refractivity contribution in [2.75, 3.05) is 7.11 Å². The molecule has 0 aliphatic rings. The summed E-state index contributed by atoms with van der Waals surface area (Å²) in [6.45, 7) is 4.21. The molecular formula is C8H19NO. The Morgan fingerprint density at radius 2 is 2.00 bits per heavy atom. The highest BCUT2D eigenvalue weighted by atomic mass is 16.5. The summed E-state index contributed by atoms with van der Waals surface area (Å²) in [7, 11) is 1.68. The third kappa shape index (κ3) is 3.18. The zero-order valence-electron chi connectivity index (χ0n) is 7.31. The van der Waals surface area contributed by atoms with Crippen LogP contribution in [0, 0.1) is 0 Å². The van der Waals surface area contributed by atoms with Gasteiger partial charge < -0.3 is 10.5 Å². The molecular weight excluding hydrogens is 126 g/mol. The van der Waals surface area contributed by atoms with E-state index in [0.29, 0.717) is 0 Å². The Hall–Kier alpha value is -0.0800. The molecule has 2 N–H and O–H groups in total. The molecule has 2 nitrogen and oxygen atoms in total. The molecule has 0 aromatic carbocycles. The van der Waals surface area contributed by atoms with Crippen molar-refractivity contribution in [1.82, 2.24) is 0 Å². The third-order valence-electron chi connectivity index (χ3n) is 1.96. The molecule has 0 aliphatic carbocycles. The monoisotopic (exact) mass is 145 g/mol. The predicted octanol–water partition coefficient (Wildman–Crippen LogP) is 1.89. The quantitative estimate of drug-likeness (QED) is 0.599. The molecule has 0 radical (unpaired) electrons. The summed E-state index contributed by atoms with van der Waals surface area (Å²) in [6, 6.07) is 0. The van der Waals surface area contributed by atoms with Gasteiger partial charge in [0.1, 0.15) is 5.72 Å². The zero-order chi connectivity index (χ0) is 8.04. The third-order valence-corrected chi connectivity index (χ3v) is 1.96. The zero-order valence-corrected chi connectivity index (χ0v) is 7.31. The second-order valence-electron chi connectivity index (χ2n) is 2.73. The summed E-state index contributed by atoms with van der Waals surface area (Å²) in [5.74, 6) is 0. The molecule has 1 unspecified atom stereocenters. The van der Waals surface area contributed by atoms with Crippen molar-refractivity contribution in [3.05, 3.63) is 0 Å². The normalized spacial score (nSPS) is 16.8. The Bertz CT molecular complexity index is 79.3. The van der Waals surface area contributed by atoms with Gasteiger partial charge in [-0.05, 0) is 19.3 Å². The largest absolute Gasteiger partial charge is 0.364 e. The molecule has 0 saturated carbocycles. The van der Waals surface area contributed by atoms with Gasteiger partial charge in [0.25, 0.3) is 0 Å². The minimum Gasteiger partial charge on any atom is -0.364 e. The van der Waals surface area contributed by atoms with E-state index in [0.717, 1.165) is 19.3 Å². The molecule has 10 heavy (non-hydrogen) atoms. The maximum atomic E-state index is 5.86. The Labute approximate surface area is 63.7 Å². The van der Waals surface area contributed by atoms with Crippen LogP contribution in [0.4, 0.5) is 0 Å². The van der Waals surface area contributed by atoms with Gasteiger partial charge >= 0.3 is 0 Å². The first-order valence-corrected chi connectivity index (χ1v) is 4.02. The van der Waals surface area contributed by atoms with Crippen molar-refractivity contribution in [2.24, 2.45) is 5.73 Å². The molecule has 0 aromatic rings. The smallest absolute Gasteiger partial charge is 0.116 e. The first-order valence-electron chi connectivity index (χ1n) is 4.02. The van der Waals surface area contributed by atoms with Gasteiger partial charge in [-0.15, -0.1) is 0 Å². The number of hydrogen-bond donors (Lipinski definition) is 1. The fraction of sp³-hybridized carbons (Fsp3) is 1.00. The summed E-state index contributed by atoms with van der Waals surface area (Å²) >= 11 is 0. The van der Waals surface area contributed by atoms with E-state index in [4.69, 9.17) is 10.5 Å². The molecule has 0 rings (SSSR count). The molecule has 1 atom stereocenters. The highest BCUT2D eigenvalue weighted by Crippen LogP contribution is 2.15. The van der Waals surface area contributed by atoms with Crippen molar-refractivity contribution < 1.29 is 4.74 Å². The van der Waals surface area contributed by atoms with Crippen LogP contribution in [0.1, 0.15) is 39.5 Å². The fourth-order valence-corrected chi connectivity index (χ4v) is 0.899. The van der Waals surface area contributed by atoms with E-state index < -0.39 is 0 Å². The van der Waals surface area contributed by atoms with E-state index in [9.17, 15) is 0 Å². The molecule has 0 aliphatic heterocycles. The Balaban J connectivity index is 3.58. The van der Waals surface area contributed by atoms with Gasteiger partial charge in [-0.2, -0.15) is 0 Å². The topological polar surface area (TPSA) is 35.2 Å². The van der Waals surface area contributed by atoms with Crippen LogP contribution in [-0.2, 0) is 4.74 Å². The van der Waals surface area contributed by atoms with Gasteiger partial charge in [0.2, 0.25) is 0 Å². The second-order valence-corrected chi connectivity index (χ2v) is 2.73. The number of ether oxygens (including phenoxy) is 1. The maximum absolute atomic E-state index is 5.86. The van der Waals surface area contributed by atoms with Crippen LogP contribution in [0.5, 0.6) is 0 Å². The van der Waals surface area contributed by atoms with E-state index in [1.807, 2.05) is 0 Å². The average Bonchev–Trinajstić information content (AvgIpc) is 2.00. The van der Waals surface area contributed by atoms with E-state index in [1.165, 1.54) is 6.42 Å². The van der Waals surface area contributed by atoms with Gasteiger partial charge in [0.05, 0.1) is 0 Å². The molecule has 0 bridgehead atoms. The number of hydrogen-bond acceptors (Lipinski definition) is 2. The van der Waals surface area contributed by atoms with Crippen molar-refractivity contribution in [1.29, 1.82) is 0 Å².